The molecule has 11 nitrogen and oxygen atoms in total. The number of nitrogens with one attached hydrogen (secondary N) is 1. The van der Waals surface area contributed by atoms with E-state index < -0.39 is 34.8 Å². The van der Waals surface area contributed by atoms with Crippen LogP contribution in [0, 0.1) is 0 Å². The van der Waals surface area contributed by atoms with Gasteiger partial charge in [0.05, 0.1) is 12.4 Å². The van der Waals surface area contributed by atoms with Crippen molar-refractivity contribution in [3.8, 4) is 5.75 Å². The number of hydroxylamine groups is 1. The van der Waals surface area contributed by atoms with Crippen LogP contribution < -0.4 is 15.1 Å². The number of unbranched alkanes of at least 4 members (excludes halogenated alkanes) is 1. The van der Waals surface area contributed by atoms with Crippen LogP contribution in [0.5, 0.6) is 5.75 Å². The molecule has 15 heteroatoms. The number of carbonyl (C=O) groups is 2. The SMILES string of the molecule is CCCCOc1ccc(N2CCN(S(=O)(=O)CCCN(CCCC(=O)NO)C(=O)OCC(F)(F)F)CC2)cc1. The monoisotopic (exact) mass is 582 g/mol. The molecule has 1 aliphatic heterocycles. The van der Waals surface area contributed by atoms with E-state index in [9.17, 15) is 31.2 Å². The fraction of sp³-hybridized carbons (Fsp3) is 0.667. The molecule has 0 atom stereocenters. The van der Waals surface area contributed by atoms with Gasteiger partial charge in [-0.25, -0.2) is 18.7 Å². The van der Waals surface area contributed by atoms with Crippen LogP contribution in [0.1, 0.15) is 39.0 Å². The van der Waals surface area contributed by atoms with E-state index >= 15 is 0 Å². The van der Waals surface area contributed by atoms with Crippen LogP contribution in [0.25, 0.3) is 0 Å². The molecule has 2 N–H and O–H groups in total. The summed E-state index contributed by atoms with van der Waals surface area (Å²) in [6.07, 6.45) is -4.14. The van der Waals surface area contributed by atoms with Crippen LogP contribution in [0.3, 0.4) is 0 Å². The van der Waals surface area contributed by atoms with Crippen LogP contribution in [-0.4, -0.2) is 99.2 Å². The molecule has 0 radical (unpaired) electrons. The number of rotatable bonds is 15. The van der Waals surface area contributed by atoms with Gasteiger partial charge >= 0.3 is 12.3 Å². The Hall–Kier alpha value is -2.78. The lowest BCUT2D eigenvalue weighted by atomic mass is 10.2. The third kappa shape index (κ3) is 11.9. The van der Waals surface area contributed by atoms with Crippen molar-refractivity contribution in [1.29, 1.82) is 0 Å². The van der Waals surface area contributed by atoms with E-state index in [1.54, 1.807) is 0 Å². The van der Waals surface area contributed by atoms with Gasteiger partial charge in [-0.3, -0.25) is 10.0 Å². The minimum absolute atomic E-state index is 0.0324. The Bertz CT molecular complexity index is 1000. The molecule has 1 saturated heterocycles. The number of alkyl halides is 3. The van der Waals surface area contributed by atoms with E-state index in [0.717, 1.165) is 29.2 Å². The summed E-state index contributed by atoms with van der Waals surface area (Å²) in [5.74, 6) is -0.255. The number of sulfonamides is 1. The first-order valence-electron chi connectivity index (χ1n) is 12.8. The Morgan fingerprint density at radius 3 is 2.28 bits per heavy atom. The summed E-state index contributed by atoms with van der Waals surface area (Å²) < 4.78 is 74.4. The lowest BCUT2D eigenvalue weighted by molar-refractivity contribution is -0.162. The van der Waals surface area contributed by atoms with Gasteiger partial charge in [-0.15, -0.1) is 0 Å². The number of ether oxygens (including phenoxy) is 2. The lowest BCUT2D eigenvalue weighted by Gasteiger charge is -2.35. The number of halogens is 3. The molecule has 1 aromatic carbocycles. The summed E-state index contributed by atoms with van der Waals surface area (Å²) in [6.45, 7) is 2.14. The van der Waals surface area contributed by atoms with Gasteiger partial charge in [0.1, 0.15) is 5.75 Å². The van der Waals surface area contributed by atoms with Crippen molar-refractivity contribution in [1.82, 2.24) is 14.7 Å². The molecule has 0 bridgehead atoms. The summed E-state index contributed by atoms with van der Waals surface area (Å²) in [5.41, 5.74) is 2.38. The van der Waals surface area contributed by atoms with Crippen molar-refractivity contribution in [2.24, 2.45) is 0 Å². The number of nitrogens with zero attached hydrogens (tertiary/aromatic N) is 3. The Morgan fingerprint density at radius 2 is 1.69 bits per heavy atom. The largest absolute Gasteiger partial charge is 0.494 e. The Balaban J connectivity index is 1.85. The van der Waals surface area contributed by atoms with Gasteiger partial charge in [0.15, 0.2) is 6.61 Å². The fourth-order valence-corrected chi connectivity index (χ4v) is 5.37. The summed E-state index contributed by atoms with van der Waals surface area (Å²) in [6, 6.07) is 7.63. The van der Waals surface area contributed by atoms with Crippen molar-refractivity contribution < 1.29 is 45.9 Å². The first-order valence-corrected chi connectivity index (χ1v) is 14.4. The summed E-state index contributed by atoms with van der Waals surface area (Å²) in [5, 5.41) is 8.56. The Labute approximate surface area is 226 Å². The van der Waals surface area contributed by atoms with E-state index in [2.05, 4.69) is 16.6 Å². The molecule has 0 aliphatic carbocycles. The topological polar surface area (TPSA) is 129 Å². The van der Waals surface area contributed by atoms with Crippen LogP contribution in [0.2, 0.25) is 0 Å². The Kier molecular flexibility index (Phi) is 13.1. The van der Waals surface area contributed by atoms with Crippen molar-refractivity contribution >= 4 is 27.7 Å². The number of hydrogen-bond donors (Lipinski definition) is 2. The van der Waals surface area contributed by atoms with Crippen molar-refractivity contribution in [3.05, 3.63) is 24.3 Å². The van der Waals surface area contributed by atoms with E-state index in [1.807, 2.05) is 24.3 Å². The molecule has 0 unspecified atom stereocenters. The van der Waals surface area contributed by atoms with E-state index in [0.29, 0.717) is 19.7 Å². The van der Waals surface area contributed by atoms with Gasteiger partial charge in [0.25, 0.3) is 0 Å². The first-order chi connectivity index (χ1) is 18.4. The third-order valence-electron chi connectivity index (χ3n) is 6.00. The molecule has 1 heterocycles. The van der Waals surface area contributed by atoms with Crippen molar-refractivity contribution in [2.75, 3.05) is 63.1 Å². The highest BCUT2D eigenvalue weighted by Crippen LogP contribution is 2.22. The number of benzene rings is 1. The van der Waals surface area contributed by atoms with Gasteiger partial charge < -0.3 is 19.3 Å². The molecule has 0 saturated carbocycles. The molecular formula is C24H37F3N4O7S. The van der Waals surface area contributed by atoms with Gasteiger partial charge in [0, 0.05) is 51.4 Å². The van der Waals surface area contributed by atoms with Gasteiger partial charge in [0.2, 0.25) is 15.9 Å². The molecule has 39 heavy (non-hydrogen) atoms. The number of hydrogen-bond acceptors (Lipinski definition) is 8. The molecule has 1 aromatic rings. The molecule has 2 amide bonds. The van der Waals surface area contributed by atoms with E-state index in [-0.39, 0.29) is 51.2 Å². The zero-order valence-corrected chi connectivity index (χ0v) is 22.8. The van der Waals surface area contributed by atoms with E-state index in [1.165, 1.54) is 9.79 Å². The first kappa shape index (κ1) is 32.4. The smallest absolute Gasteiger partial charge is 0.422 e. The van der Waals surface area contributed by atoms with Crippen LogP contribution in [-0.2, 0) is 19.6 Å². The Morgan fingerprint density at radius 1 is 1.05 bits per heavy atom. The molecular weight excluding hydrogens is 545 g/mol. The normalized spacial score (nSPS) is 14.6. The highest BCUT2D eigenvalue weighted by Gasteiger charge is 2.31. The summed E-state index contributed by atoms with van der Waals surface area (Å²) in [4.78, 5) is 26.3. The van der Waals surface area contributed by atoms with Crippen molar-refractivity contribution in [3.63, 3.8) is 0 Å². The maximum atomic E-state index is 12.9. The maximum absolute atomic E-state index is 12.9. The highest BCUT2D eigenvalue weighted by molar-refractivity contribution is 7.89. The van der Waals surface area contributed by atoms with Gasteiger partial charge in [-0.2, -0.15) is 17.5 Å². The van der Waals surface area contributed by atoms with Crippen LogP contribution in [0.15, 0.2) is 24.3 Å². The molecule has 2 rings (SSSR count). The minimum Gasteiger partial charge on any atom is -0.494 e. The molecule has 222 valence electrons. The number of anilines is 1. The second-order valence-corrected chi connectivity index (χ2v) is 11.1. The van der Waals surface area contributed by atoms with Crippen LogP contribution in [0.4, 0.5) is 23.7 Å². The van der Waals surface area contributed by atoms with Gasteiger partial charge in [-0.05, 0) is 43.5 Å². The number of piperazine rings is 1. The number of carbonyl (C=O) groups excluding carboxylic acids is 2. The average Bonchev–Trinajstić information content (AvgIpc) is 2.91. The third-order valence-corrected chi connectivity index (χ3v) is 7.96. The predicted molar refractivity (Wildman–Crippen MR) is 137 cm³/mol. The summed E-state index contributed by atoms with van der Waals surface area (Å²) in [7, 11) is -3.67. The maximum Gasteiger partial charge on any atom is 0.422 e. The van der Waals surface area contributed by atoms with Crippen LogP contribution >= 0.6 is 0 Å². The minimum atomic E-state index is -4.71. The van der Waals surface area contributed by atoms with E-state index in [4.69, 9.17) is 9.94 Å². The zero-order valence-electron chi connectivity index (χ0n) is 22.0. The quantitative estimate of drug-likeness (QED) is 0.184. The molecule has 1 fully saturated rings. The predicted octanol–water partition coefficient (Wildman–Crippen LogP) is 2.99. The second kappa shape index (κ2) is 15.7. The standard InChI is InChI=1S/C24H37F3N4O7S/c1-2-3-17-37-21-9-7-20(8-10-21)29-13-15-31(16-14-29)39(35,36)18-5-12-30(11-4-6-22(32)28-34)23(33)38-19-24(25,26)27/h7-10,34H,2-6,11-19H2,1H3,(H,28,32). The molecule has 0 aromatic heterocycles. The fourth-order valence-electron chi connectivity index (χ4n) is 3.89. The summed E-state index contributed by atoms with van der Waals surface area (Å²) >= 11 is 0. The molecule has 1 aliphatic rings. The lowest BCUT2D eigenvalue weighted by Crippen LogP contribution is -2.49. The second-order valence-electron chi connectivity index (χ2n) is 9.05. The van der Waals surface area contributed by atoms with Crippen molar-refractivity contribution in [2.45, 2.75) is 45.2 Å². The number of amides is 2. The average molecular weight is 583 g/mol. The highest BCUT2D eigenvalue weighted by atomic mass is 32.2. The molecule has 0 spiro atoms. The zero-order chi connectivity index (χ0) is 28.9. The van der Waals surface area contributed by atoms with Gasteiger partial charge in [-0.1, -0.05) is 13.3 Å².